The van der Waals surface area contributed by atoms with Crippen LogP contribution in [0.15, 0.2) is 185 Å². The van der Waals surface area contributed by atoms with Crippen molar-refractivity contribution in [2.75, 3.05) is 10.6 Å². The molecular formula is C48H30N8O11S2. The average molecular weight is 959 g/mol. The summed E-state index contributed by atoms with van der Waals surface area (Å²) in [4.78, 5) is 47.7. The van der Waals surface area contributed by atoms with E-state index in [2.05, 4.69) is 20.8 Å². The van der Waals surface area contributed by atoms with Gasteiger partial charge >= 0.3 is 11.3 Å². The van der Waals surface area contributed by atoms with Gasteiger partial charge in [-0.1, -0.05) is 36.4 Å². The van der Waals surface area contributed by atoms with Crippen LogP contribution in [-0.4, -0.2) is 29.4 Å². The number of rotatable bonds is 14. The van der Waals surface area contributed by atoms with Crippen LogP contribution in [0.1, 0.15) is 23.5 Å². The molecule has 2 N–H and O–H groups in total. The number of fused-ring (bicyclic) bond motifs is 2. The van der Waals surface area contributed by atoms with E-state index in [1.165, 1.54) is 33.6 Å². The first-order valence-corrected chi connectivity index (χ1v) is 21.4. The van der Waals surface area contributed by atoms with Crippen molar-refractivity contribution in [2.24, 2.45) is 0 Å². The fraction of sp³-hybridized carbons (Fsp3) is 0.0417. The van der Waals surface area contributed by atoms with Crippen LogP contribution in [0.3, 0.4) is 0 Å². The van der Waals surface area contributed by atoms with Gasteiger partial charge in [-0.25, -0.2) is 9.59 Å². The third kappa shape index (κ3) is 9.00. The Labute approximate surface area is 396 Å². The van der Waals surface area contributed by atoms with Gasteiger partial charge in [0, 0.05) is 46.4 Å². The number of ether oxygens (including phenoxy) is 1. The third-order valence-electron chi connectivity index (χ3n) is 10.8. The van der Waals surface area contributed by atoms with Crippen molar-refractivity contribution in [1.82, 2.24) is 19.6 Å². The molecule has 2 atom stereocenters. The van der Waals surface area contributed by atoms with Crippen molar-refractivity contribution in [3.05, 3.63) is 220 Å². The zero-order valence-corrected chi connectivity index (χ0v) is 36.8. The maximum atomic E-state index is 13.0. The molecule has 0 bridgehead atoms. The fourth-order valence-corrected chi connectivity index (χ4v) is 7.81. The summed E-state index contributed by atoms with van der Waals surface area (Å²) in [6.45, 7) is 0. The van der Waals surface area contributed by atoms with Crippen LogP contribution in [0, 0.1) is 29.9 Å². The van der Waals surface area contributed by atoms with Gasteiger partial charge in [-0.3, -0.25) is 20.2 Å². The van der Waals surface area contributed by atoms with Crippen molar-refractivity contribution in [3.8, 4) is 34.4 Å². The van der Waals surface area contributed by atoms with Gasteiger partial charge < -0.3 is 33.0 Å². The zero-order valence-electron chi connectivity index (χ0n) is 35.2. The first kappa shape index (κ1) is 43.5. The number of hydrogen-bond donors (Lipinski definition) is 2. The molecule has 69 heavy (non-hydrogen) atoms. The molecule has 0 spiro atoms. The van der Waals surface area contributed by atoms with E-state index in [9.17, 15) is 29.8 Å². The van der Waals surface area contributed by atoms with Gasteiger partial charge in [0.25, 0.3) is 32.8 Å². The number of aromatic nitrogens is 4. The predicted octanol–water partition coefficient (Wildman–Crippen LogP) is 11.2. The summed E-state index contributed by atoms with van der Waals surface area (Å²) in [6.07, 6.45) is -1.72. The minimum absolute atomic E-state index is 0.0540. The average Bonchev–Trinajstić information content (AvgIpc) is 3.94. The van der Waals surface area contributed by atoms with Gasteiger partial charge in [0.05, 0.1) is 9.85 Å². The fourth-order valence-electron chi connectivity index (χ4n) is 7.36. The van der Waals surface area contributed by atoms with Crippen LogP contribution in [0.2, 0.25) is 0 Å². The molecule has 6 aromatic carbocycles. The lowest BCUT2D eigenvalue weighted by molar-refractivity contribution is -0.385. The summed E-state index contributed by atoms with van der Waals surface area (Å²) in [7, 11) is 0. The largest absolute Gasteiger partial charge is 0.457 e. The Morgan fingerprint density at radius 2 is 0.899 bits per heavy atom. The normalized spacial score (nSPS) is 12.1. The number of nitrogens with one attached hydrogen (secondary N) is 2. The Morgan fingerprint density at radius 3 is 1.28 bits per heavy atom. The van der Waals surface area contributed by atoms with Crippen LogP contribution >= 0.6 is 24.4 Å². The molecule has 10 aromatic rings. The van der Waals surface area contributed by atoms with Gasteiger partial charge in [0.2, 0.25) is 0 Å². The molecule has 0 amide bonds. The van der Waals surface area contributed by atoms with Gasteiger partial charge in [0.1, 0.15) is 33.8 Å². The molecule has 0 aliphatic heterocycles. The first-order chi connectivity index (χ1) is 33.4. The standard InChI is InChI=1S/C48H30N8O11S2/c57-45-37(25-29-5-1-3-7-39(29)64-45)43-51-53(47(68)66-43)41(27-9-17-33(18-10-27)55(59)60)49-31-13-21-35(22-14-31)63-36-23-15-32(16-24-36)50-42(28-11-19-34(20-12-28)56(61)62)54-48(69)67-44(52-54)38-26-30-6-2-4-8-40(30)65-46(38)58/h1-26,41-42,49-50H. The number of nitro benzene ring substituents is 2. The lowest BCUT2D eigenvalue weighted by Gasteiger charge is -2.20. The molecule has 340 valence electrons. The molecule has 2 unspecified atom stereocenters. The maximum absolute atomic E-state index is 13.0. The molecule has 10 rings (SSSR count). The summed E-state index contributed by atoms with van der Waals surface area (Å²) in [5, 5.41) is 40.1. The molecule has 4 heterocycles. The highest BCUT2D eigenvalue weighted by Gasteiger charge is 2.25. The molecule has 0 saturated carbocycles. The second-order valence-corrected chi connectivity index (χ2v) is 15.8. The monoisotopic (exact) mass is 958 g/mol. The lowest BCUT2D eigenvalue weighted by Crippen LogP contribution is -2.21. The number of benzene rings is 6. The molecule has 0 saturated heterocycles. The van der Waals surface area contributed by atoms with E-state index in [1.54, 1.807) is 133 Å². The van der Waals surface area contributed by atoms with Gasteiger partial charge in [-0.2, -0.15) is 9.36 Å². The summed E-state index contributed by atoms with van der Waals surface area (Å²) in [6, 6.07) is 42.7. The highest BCUT2D eigenvalue weighted by molar-refractivity contribution is 7.71. The smallest absolute Gasteiger partial charge is 0.349 e. The zero-order chi connectivity index (χ0) is 47.8. The molecule has 0 aliphatic carbocycles. The Balaban J connectivity index is 0.889. The van der Waals surface area contributed by atoms with E-state index < -0.39 is 33.4 Å². The number of non-ortho nitro benzene ring substituents is 2. The molecule has 0 radical (unpaired) electrons. The number of hydrogen-bond acceptors (Lipinski definition) is 17. The molecule has 4 aromatic heterocycles. The van der Waals surface area contributed by atoms with Crippen molar-refractivity contribution >= 4 is 69.1 Å². The number of anilines is 2. The van der Waals surface area contributed by atoms with Crippen molar-refractivity contribution < 1.29 is 32.3 Å². The lowest BCUT2D eigenvalue weighted by atomic mass is 10.1. The van der Waals surface area contributed by atoms with Crippen LogP contribution in [0.25, 0.3) is 44.8 Å². The Bertz CT molecular complexity index is 3580. The minimum Gasteiger partial charge on any atom is -0.457 e. The second-order valence-electron chi connectivity index (χ2n) is 15.1. The van der Waals surface area contributed by atoms with Crippen LogP contribution in [0.4, 0.5) is 22.7 Å². The van der Waals surface area contributed by atoms with E-state index >= 15 is 0 Å². The Morgan fingerprint density at radius 1 is 0.522 bits per heavy atom. The van der Waals surface area contributed by atoms with Gasteiger partial charge in [0.15, 0.2) is 12.3 Å². The van der Waals surface area contributed by atoms with Crippen LogP contribution in [0.5, 0.6) is 11.5 Å². The number of nitro groups is 2. The van der Waals surface area contributed by atoms with Crippen molar-refractivity contribution in [3.63, 3.8) is 0 Å². The molecular weight excluding hydrogens is 929 g/mol. The summed E-state index contributed by atoms with van der Waals surface area (Å²) in [5.74, 6) is 0.784. The summed E-state index contributed by atoms with van der Waals surface area (Å²) in [5.41, 5.74) is 1.54. The summed E-state index contributed by atoms with van der Waals surface area (Å²) >= 11 is 11.2. The topological polar surface area (TPSA) is 242 Å². The van der Waals surface area contributed by atoms with Crippen molar-refractivity contribution in [2.45, 2.75) is 12.3 Å². The third-order valence-corrected chi connectivity index (χ3v) is 11.3. The molecule has 0 aliphatic rings. The Kier molecular flexibility index (Phi) is 11.5. The second kappa shape index (κ2) is 18.1. The van der Waals surface area contributed by atoms with Gasteiger partial charge in [-0.15, -0.1) is 10.2 Å². The molecule has 21 heteroatoms. The highest BCUT2D eigenvalue weighted by atomic mass is 32.1. The van der Waals surface area contributed by atoms with Crippen molar-refractivity contribution in [1.29, 1.82) is 0 Å². The van der Waals surface area contributed by atoms with Crippen LogP contribution < -0.4 is 26.6 Å². The van der Waals surface area contributed by atoms with E-state index in [1.807, 2.05) is 0 Å². The summed E-state index contributed by atoms with van der Waals surface area (Å²) < 4.78 is 31.5. The molecule has 0 fully saturated rings. The predicted molar refractivity (Wildman–Crippen MR) is 256 cm³/mol. The van der Waals surface area contributed by atoms with E-state index in [0.29, 0.717) is 55.9 Å². The first-order valence-electron chi connectivity index (χ1n) is 20.6. The van der Waals surface area contributed by atoms with Crippen LogP contribution in [-0.2, 0) is 0 Å². The van der Waals surface area contributed by atoms with E-state index in [-0.39, 0.29) is 44.0 Å². The quantitative estimate of drug-likeness (QED) is 0.0445. The maximum Gasteiger partial charge on any atom is 0.349 e. The number of para-hydroxylation sites is 2. The van der Waals surface area contributed by atoms with E-state index in [0.717, 1.165) is 0 Å². The highest BCUT2D eigenvalue weighted by Crippen LogP contribution is 2.32. The SMILES string of the molecule is O=c1oc2ccccc2cc1-c1nn(C(Nc2ccc(Oc3ccc(NC(c4ccc([N+](=O)[O-])cc4)n4nc(-c5cc6ccccc6oc5=O)oc4=S)cc3)cc2)c2ccc([N+](=O)[O-])cc2)c(=S)o1. The van der Waals surface area contributed by atoms with Gasteiger partial charge in [-0.05, 0) is 133 Å². The minimum atomic E-state index is -0.859. The molecule has 19 nitrogen and oxygen atoms in total. The van der Waals surface area contributed by atoms with E-state index in [4.69, 9.17) is 46.8 Å². The Hall–Kier alpha value is -9.34. The number of nitrogens with zero attached hydrogens (tertiary/aromatic N) is 6.